The number of methoxy groups -OCH3 is 1. The largest absolute Gasteiger partial charge is 0.497 e. The van der Waals surface area contributed by atoms with Crippen LogP contribution in [0.3, 0.4) is 0 Å². The summed E-state index contributed by atoms with van der Waals surface area (Å²) in [6.07, 6.45) is 6.35. The molecule has 0 amide bonds. The predicted octanol–water partition coefficient (Wildman–Crippen LogP) is 4.46. The van der Waals surface area contributed by atoms with E-state index in [1.54, 1.807) is 7.11 Å². The third kappa shape index (κ3) is 2.67. The lowest BCUT2D eigenvalue weighted by Crippen LogP contribution is -2.27. The van der Waals surface area contributed by atoms with Gasteiger partial charge in [0.2, 0.25) is 0 Å². The summed E-state index contributed by atoms with van der Waals surface area (Å²) in [5, 5.41) is 1.10. The Kier molecular flexibility index (Phi) is 4.13. The molecule has 2 rings (SSSR count). The van der Waals surface area contributed by atoms with Crippen molar-refractivity contribution >= 4 is 15.9 Å². The Morgan fingerprint density at radius 3 is 2.94 bits per heavy atom. The first kappa shape index (κ1) is 12.9. The molecule has 2 heteroatoms. The van der Waals surface area contributed by atoms with Crippen LogP contribution in [0.4, 0.5) is 0 Å². The van der Waals surface area contributed by atoms with Crippen LogP contribution in [0.5, 0.6) is 5.75 Å². The molecule has 0 saturated heterocycles. The van der Waals surface area contributed by atoms with Gasteiger partial charge in [0.15, 0.2) is 0 Å². The number of benzene rings is 1. The number of rotatable bonds is 4. The van der Waals surface area contributed by atoms with Crippen molar-refractivity contribution in [1.29, 1.82) is 0 Å². The molecular formula is C15H21BrO. The molecule has 0 bridgehead atoms. The van der Waals surface area contributed by atoms with Crippen LogP contribution >= 0.6 is 15.9 Å². The minimum atomic E-state index is 0.343. The number of alkyl halides is 1. The summed E-state index contributed by atoms with van der Waals surface area (Å²) in [7, 11) is 1.75. The first-order valence-corrected chi connectivity index (χ1v) is 7.55. The normalized spacial score (nSPS) is 23.2. The molecule has 0 aromatic heterocycles. The van der Waals surface area contributed by atoms with Crippen LogP contribution in [0, 0.1) is 0 Å². The van der Waals surface area contributed by atoms with E-state index in [9.17, 15) is 0 Å². The van der Waals surface area contributed by atoms with Crippen molar-refractivity contribution in [2.75, 3.05) is 12.4 Å². The summed E-state index contributed by atoms with van der Waals surface area (Å²) in [6.45, 7) is 2.41. The topological polar surface area (TPSA) is 9.23 Å². The zero-order valence-electron chi connectivity index (χ0n) is 10.8. The van der Waals surface area contributed by atoms with Gasteiger partial charge in [-0.05, 0) is 60.8 Å². The molecule has 1 aliphatic carbocycles. The molecule has 0 N–H and O–H groups in total. The second-order valence-electron chi connectivity index (χ2n) is 5.23. The van der Waals surface area contributed by atoms with Crippen LogP contribution in [0.25, 0.3) is 0 Å². The van der Waals surface area contributed by atoms with Gasteiger partial charge in [0.25, 0.3) is 0 Å². The van der Waals surface area contributed by atoms with E-state index in [4.69, 9.17) is 4.74 Å². The second kappa shape index (κ2) is 5.43. The quantitative estimate of drug-likeness (QED) is 0.745. The molecule has 17 heavy (non-hydrogen) atoms. The third-order valence-electron chi connectivity index (χ3n) is 4.00. The molecular weight excluding hydrogens is 276 g/mol. The number of aryl methyl sites for hydroxylation is 1. The van der Waals surface area contributed by atoms with Crippen molar-refractivity contribution in [3.8, 4) is 5.75 Å². The van der Waals surface area contributed by atoms with Gasteiger partial charge in [0, 0.05) is 5.33 Å². The molecule has 0 heterocycles. The van der Waals surface area contributed by atoms with Crippen molar-refractivity contribution in [3.05, 3.63) is 29.3 Å². The van der Waals surface area contributed by atoms with Gasteiger partial charge in [0.1, 0.15) is 5.75 Å². The molecule has 1 atom stereocenters. The maximum absolute atomic E-state index is 5.37. The number of fused-ring (bicyclic) bond motifs is 1. The van der Waals surface area contributed by atoms with Crippen LogP contribution in [0.2, 0.25) is 0 Å². The van der Waals surface area contributed by atoms with Crippen LogP contribution < -0.4 is 4.74 Å². The monoisotopic (exact) mass is 296 g/mol. The standard InChI is InChI=1S/C15H21BrO/c1-15(9-4-10-16)8-3-5-12-6-7-13(17-2)11-14(12)15/h6-7,11H,3-5,8-10H2,1-2H3. The first-order valence-electron chi connectivity index (χ1n) is 6.43. The van der Waals surface area contributed by atoms with Crippen LogP contribution in [0.15, 0.2) is 18.2 Å². The summed E-state index contributed by atoms with van der Waals surface area (Å²) >= 11 is 3.54. The molecule has 1 aromatic carbocycles. The lowest BCUT2D eigenvalue weighted by atomic mass is 9.69. The third-order valence-corrected chi connectivity index (χ3v) is 4.56. The first-order chi connectivity index (χ1) is 8.19. The van der Waals surface area contributed by atoms with E-state index < -0.39 is 0 Å². The molecule has 0 aliphatic heterocycles. The molecule has 0 fully saturated rings. The summed E-state index contributed by atoms with van der Waals surface area (Å²) in [6, 6.07) is 6.59. The minimum absolute atomic E-state index is 0.343. The lowest BCUT2D eigenvalue weighted by molar-refractivity contribution is 0.359. The molecule has 94 valence electrons. The van der Waals surface area contributed by atoms with Gasteiger partial charge in [0.05, 0.1) is 7.11 Å². The molecule has 0 spiro atoms. The number of hydrogen-bond donors (Lipinski definition) is 0. The van der Waals surface area contributed by atoms with Gasteiger partial charge < -0.3 is 4.74 Å². The fourth-order valence-corrected chi connectivity index (χ4v) is 3.26. The minimum Gasteiger partial charge on any atom is -0.497 e. The fourth-order valence-electron chi connectivity index (χ4n) is 2.98. The Hall–Kier alpha value is -0.500. The fraction of sp³-hybridized carbons (Fsp3) is 0.600. The molecule has 1 unspecified atom stereocenters. The highest BCUT2D eigenvalue weighted by Crippen LogP contribution is 2.42. The SMILES string of the molecule is COc1ccc2c(c1)C(C)(CCCBr)CCC2. The highest BCUT2D eigenvalue weighted by atomic mass is 79.9. The number of ether oxygens (including phenoxy) is 1. The van der Waals surface area contributed by atoms with Crippen molar-refractivity contribution in [3.63, 3.8) is 0 Å². The second-order valence-corrected chi connectivity index (χ2v) is 6.02. The Balaban J connectivity index is 2.34. The van der Waals surface area contributed by atoms with E-state index in [1.165, 1.54) is 43.2 Å². The van der Waals surface area contributed by atoms with Gasteiger partial charge in [-0.25, -0.2) is 0 Å². The van der Waals surface area contributed by atoms with Crippen molar-refractivity contribution < 1.29 is 4.74 Å². The van der Waals surface area contributed by atoms with Crippen molar-refractivity contribution in [2.24, 2.45) is 0 Å². The van der Waals surface area contributed by atoms with E-state index in [1.807, 2.05) is 0 Å². The van der Waals surface area contributed by atoms with Crippen molar-refractivity contribution in [2.45, 2.75) is 44.4 Å². The predicted molar refractivity (Wildman–Crippen MR) is 76.3 cm³/mol. The highest BCUT2D eigenvalue weighted by molar-refractivity contribution is 9.09. The lowest BCUT2D eigenvalue weighted by Gasteiger charge is -2.36. The Morgan fingerprint density at radius 2 is 2.24 bits per heavy atom. The highest BCUT2D eigenvalue weighted by Gasteiger charge is 2.31. The number of hydrogen-bond acceptors (Lipinski definition) is 1. The molecule has 1 aliphatic rings. The van der Waals surface area contributed by atoms with E-state index >= 15 is 0 Å². The van der Waals surface area contributed by atoms with Gasteiger partial charge >= 0.3 is 0 Å². The Labute approximate surface area is 113 Å². The van der Waals surface area contributed by atoms with Crippen LogP contribution in [-0.2, 0) is 11.8 Å². The summed E-state index contributed by atoms with van der Waals surface area (Å²) < 4.78 is 5.37. The zero-order chi connectivity index (χ0) is 12.3. The van der Waals surface area contributed by atoms with E-state index in [-0.39, 0.29) is 0 Å². The molecule has 0 radical (unpaired) electrons. The smallest absolute Gasteiger partial charge is 0.119 e. The molecule has 1 nitrogen and oxygen atoms in total. The Bertz CT molecular complexity index is 389. The van der Waals surface area contributed by atoms with Crippen molar-refractivity contribution in [1.82, 2.24) is 0 Å². The van der Waals surface area contributed by atoms with Crippen LogP contribution in [-0.4, -0.2) is 12.4 Å². The van der Waals surface area contributed by atoms with Gasteiger partial charge in [-0.3, -0.25) is 0 Å². The maximum Gasteiger partial charge on any atom is 0.119 e. The average molecular weight is 297 g/mol. The van der Waals surface area contributed by atoms with E-state index in [2.05, 4.69) is 41.1 Å². The van der Waals surface area contributed by atoms with Crippen LogP contribution in [0.1, 0.15) is 43.7 Å². The number of halogens is 1. The zero-order valence-corrected chi connectivity index (χ0v) is 12.3. The molecule has 0 saturated carbocycles. The van der Waals surface area contributed by atoms with E-state index in [0.717, 1.165) is 11.1 Å². The Morgan fingerprint density at radius 1 is 1.41 bits per heavy atom. The van der Waals surface area contributed by atoms with Gasteiger partial charge in [-0.1, -0.05) is 28.9 Å². The molecule has 1 aromatic rings. The van der Waals surface area contributed by atoms with Gasteiger partial charge in [-0.15, -0.1) is 0 Å². The summed E-state index contributed by atoms with van der Waals surface area (Å²) in [5.74, 6) is 0.996. The summed E-state index contributed by atoms with van der Waals surface area (Å²) in [5.41, 5.74) is 3.38. The average Bonchev–Trinajstić information content (AvgIpc) is 2.37. The maximum atomic E-state index is 5.37. The summed E-state index contributed by atoms with van der Waals surface area (Å²) in [4.78, 5) is 0. The van der Waals surface area contributed by atoms with Gasteiger partial charge in [-0.2, -0.15) is 0 Å². The van der Waals surface area contributed by atoms with E-state index in [0.29, 0.717) is 5.41 Å².